The lowest BCUT2D eigenvalue weighted by atomic mass is 10.2. The number of aromatic nitrogens is 2. The Hall–Kier alpha value is -1.66. The lowest BCUT2D eigenvalue weighted by Crippen LogP contribution is -2.49. The van der Waals surface area contributed by atoms with Crippen LogP contribution < -0.4 is 0 Å². The van der Waals surface area contributed by atoms with Gasteiger partial charge in [0, 0.05) is 43.3 Å². The van der Waals surface area contributed by atoms with Gasteiger partial charge in [0.15, 0.2) is 0 Å². The van der Waals surface area contributed by atoms with Crippen LogP contribution >= 0.6 is 11.3 Å². The molecule has 0 aliphatic carbocycles. The van der Waals surface area contributed by atoms with Crippen LogP contribution in [0.5, 0.6) is 0 Å². The van der Waals surface area contributed by atoms with Crippen LogP contribution in [0.1, 0.15) is 21.1 Å². The van der Waals surface area contributed by atoms with E-state index in [1.54, 1.807) is 0 Å². The first-order chi connectivity index (χ1) is 10.2. The van der Waals surface area contributed by atoms with Gasteiger partial charge in [0.05, 0.1) is 0 Å². The van der Waals surface area contributed by atoms with E-state index in [9.17, 15) is 4.79 Å². The summed E-state index contributed by atoms with van der Waals surface area (Å²) >= 11 is 1.81. The minimum atomic E-state index is 0.0391. The van der Waals surface area contributed by atoms with Crippen molar-refractivity contribution in [2.75, 3.05) is 32.7 Å². The molecule has 1 saturated heterocycles. The fourth-order valence-corrected chi connectivity index (χ4v) is 3.29. The maximum Gasteiger partial charge on any atom is 0.274 e. The van der Waals surface area contributed by atoms with Crippen LogP contribution in [0.3, 0.4) is 0 Å². The average molecular weight is 304 g/mol. The van der Waals surface area contributed by atoms with Crippen LogP contribution in [0.25, 0.3) is 0 Å². The molecule has 0 saturated carbocycles. The van der Waals surface area contributed by atoms with Crippen LogP contribution in [0.4, 0.5) is 0 Å². The highest BCUT2D eigenvalue weighted by molar-refractivity contribution is 7.09. The van der Waals surface area contributed by atoms with Crippen molar-refractivity contribution in [3.05, 3.63) is 39.8 Å². The highest BCUT2D eigenvalue weighted by Gasteiger charge is 2.23. The monoisotopic (exact) mass is 304 g/mol. The normalized spacial score (nSPS) is 16.3. The SMILES string of the molecule is Cc1cc(C(=O)N2CCN(CCc3cccs3)CC2)n[nH]1. The summed E-state index contributed by atoms with van der Waals surface area (Å²) in [4.78, 5) is 18.1. The van der Waals surface area contributed by atoms with Crippen molar-refractivity contribution in [1.82, 2.24) is 20.0 Å². The van der Waals surface area contributed by atoms with Gasteiger partial charge in [-0.25, -0.2) is 0 Å². The van der Waals surface area contributed by atoms with Crippen molar-refractivity contribution in [2.45, 2.75) is 13.3 Å². The van der Waals surface area contributed by atoms with Gasteiger partial charge >= 0.3 is 0 Å². The second kappa shape index (κ2) is 6.41. The van der Waals surface area contributed by atoms with E-state index in [0.29, 0.717) is 5.69 Å². The number of nitrogens with zero attached hydrogens (tertiary/aromatic N) is 3. The second-order valence-corrected chi connectivity index (χ2v) is 6.43. The number of H-pyrrole nitrogens is 1. The van der Waals surface area contributed by atoms with Gasteiger partial charge in [-0.2, -0.15) is 5.10 Å². The van der Waals surface area contributed by atoms with Crippen molar-refractivity contribution in [3.63, 3.8) is 0 Å². The summed E-state index contributed by atoms with van der Waals surface area (Å²) < 4.78 is 0. The van der Waals surface area contributed by atoms with Crippen LogP contribution in [-0.2, 0) is 6.42 Å². The number of carbonyl (C=O) groups excluding carboxylic acids is 1. The molecule has 0 unspecified atom stereocenters. The van der Waals surface area contributed by atoms with Crippen molar-refractivity contribution < 1.29 is 4.79 Å². The molecule has 1 N–H and O–H groups in total. The van der Waals surface area contributed by atoms with E-state index in [-0.39, 0.29) is 5.91 Å². The third kappa shape index (κ3) is 3.51. The van der Waals surface area contributed by atoms with Gasteiger partial charge in [-0.3, -0.25) is 14.8 Å². The maximum absolute atomic E-state index is 12.3. The number of hydrogen-bond donors (Lipinski definition) is 1. The zero-order valence-corrected chi connectivity index (χ0v) is 13.0. The molecule has 0 bridgehead atoms. The number of carbonyl (C=O) groups is 1. The molecule has 3 rings (SSSR count). The smallest absolute Gasteiger partial charge is 0.274 e. The first-order valence-electron chi connectivity index (χ1n) is 7.28. The molecule has 2 aromatic heterocycles. The van der Waals surface area contributed by atoms with Gasteiger partial charge < -0.3 is 4.90 Å². The van der Waals surface area contributed by atoms with E-state index in [2.05, 4.69) is 32.6 Å². The molecule has 0 atom stereocenters. The molecule has 0 radical (unpaired) electrons. The van der Waals surface area contributed by atoms with Crippen molar-refractivity contribution in [2.24, 2.45) is 0 Å². The molecule has 3 heterocycles. The molecule has 1 aliphatic heterocycles. The van der Waals surface area contributed by atoms with Crippen LogP contribution in [-0.4, -0.2) is 58.6 Å². The maximum atomic E-state index is 12.3. The molecule has 0 spiro atoms. The van der Waals surface area contributed by atoms with Crippen LogP contribution in [0, 0.1) is 6.92 Å². The lowest BCUT2D eigenvalue weighted by Gasteiger charge is -2.34. The third-order valence-corrected chi connectivity index (χ3v) is 4.78. The Balaban J connectivity index is 1.47. The quantitative estimate of drug-likeness (QED) is 0.937. The molecule has 112 valence electrons. The van der Waals surface area contributed by atoms with Crippen LogP contribution in [0.2, 0.25) is 0 Å². The Bertz CT molecular complexity index is 585. The zero-order chi connectivity index (χ0) is 14.7. The zero-order valence-electron chi connectivity index (χ0n) is 12.2. The van der Waals surface area contributed by atoms with E-state index in [1.165, 1.54) is 4.88 Å². The molecule has 21 heavy (non-hydrogen) atoms. The number of amides is 1. The number of thiophene rings is 1. The number of rotatable bonds is 4. The summed E-state index contributed by atoms with van der Waals surface area (Å²) in [6.45, 7) is 6.45. The molecule has 1 amide bonds. The van der Waals surface area contributed by atoms with Gasteiger partial charge in [0.25, 0.3) is 5.91 Å². The number of aryl methyl sites for hydroxylation is 1. The lowest BCUT2D eigenvalue weighted by molar-refractivity contribution is 0.0633. The fraction of sp³-hybridized carbons (Fsp3) is 0.467. The number of aromatic amines is 1. The molecule has 1 fully saturated rings. The predicted octanol–water partition coefficient (Wildman–Crippen LogP) is 1.78. The fourth-order valence-electron chi connectivity index (χ4n) is 2.59. The average Bonchev–Trinajstić information content (AvgIpc) is 3.16. The van der Waals surface area contributed by atoms with Crippen molar-refractivity contribution in [1.29, 1.82) is 0 Å². The topological polar surface area (TPSA) is 52.2 Å². The highest BCUT2D eigenvalue weighted by Crippen LogP contribution is 2.12. The predicted molar refractivity (Wildman–Crippen MR) is 83.7 cm³/mol. The molecular formula is C15H20N4OS. The van der Waals surface area contributed by atoms with Crippen molar-refractivity contribution in [3.8, 4) is 0 Å². The van der Waals surface area contributed by atoms with Gasteiger partial charge in [-0.05, 0) is 30.9 Å². The molecule has 2 aromatic rings. The first kappa shape index (κ1) is 14.3. The summed E-state index contributed by atoms with van der Waals surface area (Å²) in [5.41, 5.74) is 1.45. The number of hydrogen-bond acceptors (Lipinski definition) is 4. The van der Waals surface area contributed by atoms with E-state index in [1.807, 2.05) is 29.2 Å². The second-order valence-electron chi connectivity index (χ2n) is 5.40. The first-order valence-corrected chi connectivity index (χ1v) is 8.16. The summed E-state index contributed by atoms with van der Waals surface area (Å²) in [6.07, 6.45) is 1.10. The van der Waals surface area contributed by atoms with E-state index < -0.39 is 0 Å². The minimum absolute atomic E-state index is 0.0391. The molecule has 1 aliphatic rings. The number of piperazine rings is 1. The van der Waals surface area contributed by atoms with Gasteiger partial charge in [0.2, 0.25) is 0 Å². The Labute approximate surface area is 128 Å². The third-order valence-electron chi connectivity index (χ3n) is 3.84. The highest BCUT2D eigenvalue weighted by atomic mass is 32.1. The van der Waals surface area contributed by atoms with E-state index >= 15 is 0 Å². The Morgan fingerprint density at radius 2 is 2.19 bits per heavy atom. The van der Waals surface area contributed by atoms with Crippen molar-refractivity contribution >= 4 is 17.2 Å². The minimum Gasteiger partial charge on any atom is -0.335 e. The molecule has 0 aromatic carbocycles. The van der Waals surface area contributed by atoms with Gasteiger partial charge in [-0.1, -0.05) is 6.07 Å². The van der Waals surface area contributed by atoms with Gasteiger partial charge in [0.1, 0.15) is 5.69 Å². The van der Waals surface area contributed by atoms with Gasteiger partial charge in [-0.15, -0.1) is 11.3 Å². The molecule has 6 heteroatoms. The summed E-state index contributed by atoms with van der Waals surface area (Å²) in [5.74, 6) is 0.0391. The standard InChI is InChI=1S/C15H20N4OS/c1-12-11-14(17-16-12)15(20)19-8-6-18(7-9-19)5-4-13-3-2-10-21-13/h2-3,10-11H,4-9H2,1H3,(H,16,17). The summed E-state index contributed by atoms with van der Waals surface area (Å²) in [7, 11) is 0. The molecular weight excluding hydrogens is 284 g/mol. The number of nitrogens with one attached hydrogen (secondary N) is 1. The largest absolute Gasteiger partial charge is 0.335 e. The Morgan fingerprint density at radius 1 is 1.38 bits per heavy atom. The Kier molecular flexibility index (Phi) is 4.36. The summed E-state index contributed by atoms with van der Waals surface area (Å²) in [6, 6.07) is 6.10. The van der Waals surface area contributed by atoms with E-state index in [4.69, 9.17) is 0 Å². The van der Waals surface area contributed by atoms with E-state index in [0.717, 1.165) is 44.8 Å². The van der Waals surface area contributed by atoms with Crippen LogP contribution in [0.15, 0.2) is 23.6 Å². The summed E-state index contributed by atoms with van der Waals surface area (Å²) in [5, 5.41) is 9.00. The molecule has 5 nitrogen and oxygen atoms in total. The Morgan fingerprint density at radius 3 is 2.81 bits per heavy atom.